The van der Waals surface area contributed by atoms with E-state index in [1.54, 1.807) is 36.6 Å². The van der Waals surface area contributed by atoms with Crippen LogP contribution in [-0.4, -0.2) is 10.9 Å². The Morgan fingerprint density at radius 2 is 2.09 bits per heavy atom. The van der Waals surface area contributed by atoms with Crippen LogP contribution in [-0.2, 0) is 0 Å². The summed E-state index contributed by atoms with van der Waals surface area (Å²) in [5.74, 6) is -0.586. The summed E-state index contributed by atoms with van der Waals surface area (Å²) < 4.78 is 13.1. The molecule has 1 N–H and O–H groups in total. The lowest BCUT2D eigenvalue weighted by atomic mass is 10.1. The van der Waals surface area contributed by atoms with Crippen molar-refractivity contribution in [3.8, 4) is 10.4 Å². The standard InChI is InChI=1S/C17H13FN2OS/c1-11-7-14(18)4-5-15(11)20-17(21)13-8-12(9-19-10-13)16-3-2-6-22-16/h2-10H,1H3,(H,20,21). The van der Waals surface area contributed by atoms with Gasteiger partial charge in [0.2, 0.25) is 0 Å². The van der Waals surface area contributed by atoms with Gasteiger partial charge in [0, 0.05) is 28.5 Å². The van der Waals surface area contributed by atoms with Crippen molar-refractivity contribution in [1.29, 1.82) is 0 Å². The third kappa shape index (κ3) is 3.04. The van der Waals surface area contributed by atoms with E-state index in [2.05, 4.69) is 10.3 Å². The number of nitrogens with one attached hydrogen (secondary N) is 1. The first-order valence-electron chi connectivity index (χ1n) is 6.70. The highest BCUT2D eigenvalue weighted by molar-refractivity contribution is 7.13. The molecule has 0 aliphatic heterocycles. The first-order chi connectivity index (χ1) is 10.6. The third-order valence-corrected chi connectivity index (χ3v) is 4.16. The number of aromatic nitrogens is 1. The zero-order valence-electron chi connectivity index (χ0n) is 11.8. The highest BCUT2D eigenvalue weighted by Crippen LogP contribution is 2.25. The average molecular weight is 312 g/mol. The van der Waals surface area contributed by atoms with Gasteiger partial charge >= 0.3 is 0 Å². The van der Waals surface area contributed by atoms with Crippen LogP contribution in [0, 0.1) is 12.7 Å². The average Bonchev–Trinajstić information content (AvgIpc) is 3.04. The van der Waals surface area contributed by atoms with E-state index in [-0.39, 0.29) is 11.7 Å². The summed E-state index contributed by atoms with van der Waals surface area (Å²) in [4.78, 5) is 17.5. The van der Waals surface area contributed by atoms with Crippen molar-refractivity contribution in [3.63, 3.8) is 0 Å². The lowest BCUT2D eigenvalue weighted by Crippen LogP contribution is -2.13. The van der Waals surface area contributed by atoms with Crippen LogP contribution in [0.5, 0.6) is 0 Å². The maximum Gasteiger partial charge on any atom is 0.257 e. The van der Waals surface area contributed by atoms with E-state index in [1.807, 2.05) is 17.5 Å². The Hall–Kier alpha value is -2.53. The molecule has 0 fully saturated rings. The number of aryl methyl sites for hydroxylation is 1. The molecule has 1 aromatic carbocycles. The summed E-state index contributed by atoms with van der Waals surface area (Å²) in [5, 5.41) is 4.76. The number of pyridine rings is 1. The Kier molecular flexibility index (Phi) is 3.98. The van der Waals surface area contributed by atoms with Crippen LogP contribution in [0.15, 0.2) is 54.2 Å². The van der Waals surface area contributed by atoms with E-state index in [1.165, 1.54) is 18.3 Å². The minimum absolute atomic E-state index is 0.263. The Bertz CT molecular complexity index is 815. The molecule has 0 unspecified atom stereocenters. The molecule has 5 heteroatoms. The Balaban J connectivity index is 1.85. The molecular weight excluding hydrogens is 299 g/mol. The van der Waals surface area contributed by atoms with Crippen molar-refractivity contribution in [3.05, 3.63) is 71.1 Å². The van der Waals surface area contributed by atoms with Gasteiger partial charge in [0.15, 0.2) is 0 Å². The maximum absolute atomic E-state index is 13.1. The number of hydrogen-bond donors (Lipinski definition) is 1. The minimum atomic E-state index is -0.322. The highest BCUT2D eigenvalue weighted by atomic mass is 32.1. The number of benzene rings is 1. The summed E-state index contributed by atoms with van der Waals surface area (Å²) in [6.07, 6.45) is 3.25. The molecule has 0 atom stereocenters. The normalized spacial score (nSPS) is 10.5. The molecule has 2 heterocycles. The maximum atomic E-state index is 13.1. The zero-order valence-corrected chi connectivity index (χ0v) is 12.7. The lowest BCUT2D eigenvalue weighted by molar-refractivity contribution is 0.102. The number of thiophene rings is 1. The molecule has 2 aromatic heterocycles. The third-order valence-electron chi connectivity index (χ3n) is 3.24. The first kappa shape index (κ1) is 14.4. The van der Waals surface area contributed by atoms with Gasteiger partial charge < -0.3 is 5.32 Å². The largest absolute Gasteiger partial charge is 0.322 e. The number of amides is 1. The van der Waals surface area contributed by atoms with Crippen LogP contribution >= 0.6 is 11.3 Å². The minimum Gasteiger partial charge on any atom is -0.322 e. The zero-order chi connectivity index (χ0) is 15.5. The summed E-state index contributed by atoms with van der Waals surface area (Å²) in [6.45, 7) is 1.75. The summed E-state index contributed by atoms with van der Waals surface area (Å²) >= 11 is 1.59. The number of rotatable bonds is 3. The van der Waals surface area contributed by atoms with E-state index in [0.717, 1.165) is 10.4 Å². The monoisotopic (exact) mass is 312 g/mol. The van der Waals surface area contributed by atoms with Gasteiger partial charge in [-0.25, -0.2) is 4.39 Å². The van der Waals surface area contributed by atoms with Gasteiger partial charge in [-0.1, -0.05) is 6.07 Å². The number of nitrogens with zero attached hydrogens (tertiary/aromatic N) is 1. The molecule has 0 aliphatic rings. The van der Waals surface area contributed by atoms with E-state index < -0.39 is 0 Å². The second-order valence-corrected chi connectivity index (χ2v) is 5.80. The highest BCUT2D eigenvalue weighted by Gasteiger charge is 2.10. The molecule has 0 saturated heterocycles. The molecular formula is C17H13FN2OS. The molecule has 1 amide bonds. The Morgan fingerprint density at radius 3 is 2.82 bits per heavy atom. The number of halogens is 1. The fraction of sp³-hybridized carbons (Fsp3) is 0.0588. The molecule has 0 bridgehead atoms. The molecule has 3 nitrogen and oxygen atoms in total. The number of carbonyl (C=O) groups excluding carboxylic acids is 1. The van der Waals surface area contributed by atoms with E-state index in [0.29, 0.717) is 16.8 Å². The van der Waals surface area contributed by atoms with Crippen LogP contribution in [0.4, 0.5) is 10.1 Å². The second-order valence-electron chi connectivity index (χ2n) is 4.85. The van der Waals surface area contributed by atoms with E-state index >= 15 is 0 Å². The van der Waals surface area contributed by atoms with Gasteiger partial charge in [0.25, 0.3) is 5.91 Å². The van der Waals surface area contributed by atoms with E-state index in [9.17, 15) is 9.18 Å². The van der Waals surface area contributed by atoms with Crippen LogP contribution in [0.3, 0.4) is 0 Å². The predicted molar refractivity (Wildman–Crippen MR) is 86.6 cm³/mol. The van der Waals surface area contributed by atoms with Gasteiger partial charge in [-0.2, -0.15) is 0 Å². The van der Waals surface area contributed by atoms with Gasteiger partial charge in [0.1, 0.15) is 5.82 Å². The fourth-order valence-corrected chi connectivity index (χ4v) is 2.81. The molecule has 3 aromatic rings. The number of hydrogen-bond acceptors (Lipinski definition) is 3. The molecule has 0 aliphatic carbocycles. The topological polar surface area (TPSA) is 42.0 Å². The SMILES string of the molecule is Cc1cc(F)ccc1NC(=O)c1cncc(-c2cccs2)c1. The van der Waals surface area contributed by atoms with Gasteiger partial charge in [-0.15, -0.1) is 11.3 Å². The van der Waals surface area contributed by atoms with Crippen LogP contribution in [0.25, 0.3) is 10.4 Å². The van der Waals surface area contributed by atoms with Gasteiger partial charge in [-0.3, -0.25) is 9.78 Å². The van der Waals surface area contributed by atoms with Crippen molar-refractivity contribution < 1.29 is 9.18 Å². The number of anilines is 1. The van der Waals surface area contributed by atoms with Crippen molar-refractivity contribution >= 4 is 22.9 Å². The molecule has 110 valence electrons. The molecule has 0 spiro atoms. The fourth-order valence-electron chi connectivity index (χ4n) is 2.10. The van der Waals surface area contributed by atoms with E-state index in [4.69, 9.17) is 0 Å². The summed E-state index contributed by atoms with van der Waals surface area (Å²) in [7, 11) is 0. The molecule has 3 rings (SSSR count). The lowest BCUT2D eigenvalue weighted by Gasteiger charge is -2.09. The molecule has 0 radical (unpaired) electrons. The Labute approximate surface area is 131 Å². The van der Waals surface area contributed by atoms with Crippen LogP contribution in [0.2, 0.25) is 0 Å². The smallest absolute Gasteiger partial charge is 0.257 e. The predicted octanol–water partition coefficient (Wildman–Crippen LogP) is 4.51. The first-order valence-corrected chi connectivity index (χ1v) is 7.58. The van der Waals surface area contributed by atoms with Gasteiger partial charge in [-0.05, 0) is 48.2 Å². The Morgan fingerprint density at radius 1 is 1.23 bits per heavy atom. The van der Waals surface area contributed by atoms with Crippen molar-refractivity contribution in [2.75, 3.05) is 5.32 Å². The summed E-state index contributed by atoms with van der Waals surface area (Å²) in [6, 6.07) is 9.99. The van der Waals surface area contributed by atoms with Crippen molar-refractivity contribution in [1.82, 2.24) is 4.98 Å². The summed E-state index contributed by atoms with van der Waals surface area (Å²) in [5.41, 5.74) is 2.64. The van der Waals surface area contributed by atoms with Crippen molar-refractivity contribution in [2.24, 2.45) is 0 Å². The van der Waals surface area contributed by atoms with Crippen LogP contribution in [0.1, 0.15) is 15.9 Å². The van der Waals surface area contributed by atoms with Crippen molar-refractivity contribution in [2.45, 2.75) is 6.92 Å². The molecule has 22 heavy (non-hydrogen) atoms. The molecule has 0 saturated carbocycles. The quantitative estimate of drug-likeness (QED) is 0.773. The second kappa shape index (κ2) is 6.07. The van der Waals surface area contributed by atoms with Gasteiger partial charge in [0.05, 0.1) is 5.56 Å². The van der Waals surface area contributed by atoms with Crippen LogP contribution < -0.4 is 5.32 Å². The number of carbonyl (C=O) groups is 1.